The predicted molar refractivity (Wildman–Crippen MR) is 73.3 cm³/mol. The van der Waals surface area contributed by atoms with Crippen molar-refractivity contribution in [2.75, 3.05) is 13.1 Å². The lowest BCUT2D eigenvalue weighted by Crippen LogP contribution is -2.39. The summed E-state index contributed by atoms with van der Waals surface area (Å²) >= 11 is 0. The van der Waals surface area contributed by atoms with E-state index in [4.69, 9.17) is 0 Å². The molecule has 2 bridgehead atoms. The van der Waals surface area contributed by atoms with Gasteiger partial charge >= 0.3 is 0 Å². The molecule has 4 heteroatoms. The van der Waals surface area contributed by atoms with Gasteiger partial charge in [0.15, 0.2) is 0 Å². The summed E-state index contributed by atoms with van der Waals surface area (Å²) in [7, 11) is 0. The molecule has 2 unspecified atom stereocenters. The Kier molecular flexibility index (Phi) is 3.19. The fraction of sp³-hybridized carbons (Fsp3) is 0.533. The Labute approximate surface area is 113 Å². The van der Waals surface area contributed by atoms with E-state index in [1.54, 1.807) is 6.07 Å². The van der Waals surface area contributed by atoms with Crippen LogP contribution in [0.5, 0.6) is 5.75 Å². The molecule has 2 fully saturated rings. The lowest BCUT2D eigenvalue weighted by Gasteiger charge is -2.24. The van der Waals surface area contributed by atoms with E-state index >= 15 is 0 Å². The monoisotopic (exact) mass is 260 g/mol. The first-order valence-corrected chi connectivity index (χ1v) is 6.99. The van der Waals surface area contributed by atoms with Crippen molar-refractivity contribution in [2.24, 2.45) is 0 Å². The molecule has 0 spiro atoms. The third kappa shape index (κ3) is 2.32. The average molecular weight is 260 g/mol. The summed E-state index contributed by atoms with van der Waals surface area (Å²) < 4.78 is 0. The van der Waals surface area contributed by atoms with Gasteiger partial charge in [0.05, 0.1) is 5.56 Å². The second kappa shape index (κ2) is 4.85. The second-order valence-electron chi connectivity index (χ2n) is 5.65. The Hall–Kier alpha value is -1.55. The molecule has 1 aromatic rings. The maximum atomic E-state index is 12.5. The van der Waals surface area contributed by atoms with Crippen molar-refractivity contribution in [1.82, 2.24) is 10.2 Å². The van der Waals surface area contributed by atoms with Gasteiger partial charge in [-0.2, -0.15) is 0 Å². The van der Waals surface area contributed by atoms with Crippen LogP contribution < -0.4 is 5.32 Å². The molecular weight excluding hydrogens is 240 g/mol. The molecule has 0 saturated carbocycles. The highest BCUT2D eigenvalue weighted by Crippen LogP contribution is 2.26. The lowest BCUT2D eigenvalue weighted by molar-refractivity contribution is 0.0745. The third-order valence-corrected chi connectivity index (χ3v) is 4.28. The van der Waals surface area contributed by atoms with Crippen LogP contribution in [0.3, 0.4) is 0 Å². The van der Waals surface area contributed by atoms with Crippen molar-refractivity contribution in [2.45, 2.75) is 38.3 Å². The Morgan fingerprint density at radius 3 is 2.95 bits per heavy atom. The summed E-state index contributed by atoms with van der Waals surface area (Å²) in [6, 6.07) is 6.33. The molecule has 2 saturated heterocycles. The molecule has 2 N–H and O–H groups in total. The van der Waals surface area contributed by atoms with Crippen molar-refractivity contribution < 1.29 is 9.90 Å². The number of phenolic OH excluding ortho intramolecular Hbond substituents is 1. The van der Waals surface area contributed by atoms with Crippen LogP contribution in [0.4, 0.5) is 0 Å². The fourth-order valence-corrected chi connectivity index (χ4v) is 3.13. The maximum absolute atomic E-state index is 12.5. The lowest BCUT2D eigenvalue weighted by atomic mass is 10.1. The van der Waals surface area contributed by atoms with Gasteiger partial charge < -0.3 is 15.3 Å². The molecule has 102 valence electrons. The van der Waals surface area contributed by atoms with Gasteiger partial charge in [-0.05, 0) is 37.8 Å². The normalized spacial score (nSPS) is 26.3. The Bertz CT molecular complexity index is 501. The number of nitrogens with zero attached hydrogens (tertiary/aromatic N) is 1. The number of para-hydroxylation sites is 1. The van der Waals surface area contributed by atoms with E-state index in [1.165, 1.54) is 6.42 Å². The molecule has 0 aliphatic carbocycles. The van der Waals surface area contributed by atoms with Crippen LogP contribution in [0.1, 0.15) is 35.2 Å². The standard InChI is InChI=1S/C15H20N2O2/c1-10-3-2-4-13(14(10)18)15(19)17-8-7-11-5-6-12(9-17)16-11/h2-4,11-12,16,18H,5-9H2,1H3. The zero-order chi connectivity index (χ0) is 13.4. The molecule has 2 aliphatic heterocycles. The highest BCUT2D eigenvalue weighted by Gasteiger charge is 2.32. The maximum Gasteiger partial charge on any atom is 0.257 e. The molecular formula is C15H20N2O2. The first-order valence-electron chi connectivity index (χ1n) is 6.99. The van der Waals surface area contributed by atoms with Crippen LogP contribution in [0.2, 0.25) is 0 Å². The highest BCUT2D eigenvalue weighted by atomic mass is 16.3. The van der Waals surface area contributed by atoms with E-state index < -0.39 is 0 Å². The number of likely N-dealkylation sites (tertiary alicyclic amines) is 1. The molecule has 3 rings (SSSR count). The Morgan fingerprint density at radius 2 is 2.11 bits per heavy atom. The van der Waals surface area contributed by atoms with Gasteiger partial charge in [-0.3, -0.25) is 4.79 Å². The first kappa shape index (κ1) is 12.5. The van der Waals surface area contributed by atoms with Crippen LogP contribution >= 0.6 is 0 Å². The van der Waals surface area contributed by atoms with Crippen molar-refractivity contribution in [3.63, 3.8) is 0 Å². The number of hydrogen-bond donors (Lipinski definition) is 2. The number of fused-ring (bicyclic) bond motifs is 2. The molecule has 1 amide bonds. The summed E-state index contributed by atoms with van der Waals surface area (Å²) in [5.41, 5.74) is 1.18. The van der Waals surface area contributed by atoms with Crippen molar-refractivity contribution in [1.29, 1.82) is 0 Å². The molecule has 1 aromatic carbocycles. The van der Waals surface area contributed by atoms with E-state index in [2.05, 4.69) is 5.32 Å². The van der Waals surface area contributed by atoms with E-state index in [9.17, 15) is 9.90 Å². The minimum absolute atomic E-state index is 0.0458. The molecule has 2 heterocycles. The summed E-state index contributed by atoms with van der Waals surface area (Å²) in [5.74, 6) is 0.0745. The van der Waals surface area contributed by atoms with Gasteiger partial charge in [-0.1, -0.05) is 12.1 Å². The molecule has 0 radical (unpaired) electrons. The summed E-state index contributed by atoms with van der Waals surface area (Å²) in [6.45, 7) is 3.35. The number of nitrogens with one attached hydrogen (secondary N) is 1. The molecule has 0 aromatic heterocycles. The number of aryl methyl sites for hydroxylation is 1. The van der Waals surface area contributed by atoms with Crippen LogP contribution in [0.25, 0.3) is 0 Å². The first-order chi connectivity index (χ1) is 9.15. The molecule has 19 heavy (non-hydrogen) atoms. The SMILES string of the molecule is Cc1cccc(C(=O)N2CCC3CCC(C2)N3)c1O. The van der Waals surface area contributed by atoms with Crippen molar-refractivity contribution >= 4 is 5.91 Å². The number of carbonyl (C=O) groups is 1. The third-order valence-electron chi connectivity index (χ3n) is 4.28. The Balaban J connectivity index is 1.81. The molecule has 4 nitrogen and oxygen atoms in total. The zero-order valence-corrected chi connectivity index (χ0v) is 11.2. The number of rotatable bonds is 1. The second-order valence-corrected chi connectivity index (χ2v) is 5.65. The molecule has 2 atom stereocenters. The number of benzene rings is 1. The van der Waals surface area contributed by atoms with E-state index in [0.717, 1.165) is 31.5 Å². The minimum atomic E-state index is -0.0458. The van der Waals surface area contributed by atoms with Crippen LogP contribution in [0.15, 0.2) is 18.2 Å². The largest absolute Gasteiger partial charge is 0.507 e. The number of carbonyl (C=O) groups excluding carboxylic acids is 1. The van der Waals surface area contributed by atoms with Crippen molar-refractivity contribution in [3.05, 3.63) is 29.3 Å². The van der Waals surface area contributed by atoms with Gasteiger partial charge in [-0.15, -0.1) is 0 Å². The van der Waals surface area contributed by atoms with E-state index in [0.29, 0.717) is 17.6 Å². The number of aromatic hydroxyl groups is 1. The fourth-order valence-electron chi connectivity index (χ4n) is 3.13. The summed E-state index contributed by atoms with van der Waals surface area (Å²) in [5, 5.41) is 13.6. The Morgan fingerprint density at radius 1 is 1.32 bits per heavy atom. The van der Waals surface area contributed by atoms with Crippen molar-refractivity contribution in [3.8, 4) is 5.75 Å². The zero-order valence-electron chi connectivity index (χ0n) is 11.2. The quantitative estimate of drug-likeness (QED) is 0.807. The smallest absolute Gasteiger partial charge is 0.257 e. The summed E-state index contributed by atoms with van der Waals surface area (Å²) in [6.07, 6.45) is 3.38. The van der Waals surface area contributed by atoms with Crippen LogP contribution in [-0.4, -0.2) is 41.1 Å². The number of hydrogen-bond acceptors (Lipinski definition) is 3. The predicted octanol–water partition coefficient (Wildman–Crippen LogP) is 1.67. The summed E-state index contributed by atoms with van der Waals surface area (Å²) in [4.78, 5) is 14.4. The van der Waals surface area contributed by atoms with Crippen LogP contribution in [0, 0.1) is 6.92 Å². The van der Waals surface area contributed by atoms with Gasteiger partial charge in [-0.25, -0.2) is 0 Å². The van der Waals surface area contributed by atoms with Crippen LogP contribution in [-0.2, 0) is 0 Å². The number of amides is 1. The van der Waals surface area contributed by atoms with E-state index in [1.807, 2.05) is 24.0 Å². The van der Waals surface area contributed by atoms with Gasteiger partial charge in [0.25, 0.3) is 5.91 Å². The van der Waals surface area contributed by atoms with Gasteiger partial charge in [0.1, 0.15) is 5.75 Å². The van der Waals surface area contributed by atoms with Gasteiger partial charge in [0.2, 0.25) is 0 Å². The number of phenols is 1. The van der Waals surface area contributed by atoms with Gasteiger partial charge in [0, 0.05) is 25.2 Å². The topological polar surface area (TPSA) is 52.6 Å². The molecule has 2 aliphatic rings. The highest BCUT2D eigenvalue weighted by molar-refractivity contribution is 5.97. The average Bonchev–Trinajstić information content (AvgIpc) is 2.72. The van der Waals surface area contributed by atoms with E-state index in [-0.39, 0.29) is 11.7 Å². The minimum Gasteiger partial charge on any atom is -0.507 e.